The van der Waals surface area contributed by atoms with E-state index in [1.165, 1.54) is 16.8 Å². The fraction of sp³-hybridized carbons (Fsp3) is 0.214. The van der Waals surface area contributed by atoms with Crippen molar-refractivity contribution in [1.29, 1.82) is 0 Å². The monoisotopic (exact) mass is 305 g/mol. The van der Waals surface area contributed by atoms with Gasteiger partial charge in [-0.2, -0.15) is 5.10 Å². The van der Waals surface area contributed by atoms with Crippen molar-refractivity contribution in [2.45, 2.75) is 0 Å². The Kier molecular flexibility index (Phi) is 4.72. The van der Waals surface area contributed by atoms with Crippen LogP contribution in [0.25, 0.3) is 11.1 Å². The lowest BCUT2D eigenvalue weighted by molar-refractivity contribution is -0.250. The topological polar surface area (TPSA) is 99.1 Å². The predicted octanol–water partition coefficient (Wildman–Crippen LogP) is -0.111. The van der Waals surface area contributed by atoms with Gasteiger partial charge in [-0.3, -0.25) is 9.48 Å². The number of aryl methyl sites for hydroxylation is 1. The summed E-state index contributed by atoms with van der Waals surface area (Å²) in [6, 6.07) is 5.71. The summed E-state index contributed by atoms with van der Waals surface area (Å²) in [6.07, 6.45) is 0.251. The van der Waals surface area contributed by atoms with E-state index in [-0.39, 0.29) is 24.6 Å². The number of amides is 2. The molecule has 22 heavy (non-hydrogen) atoms. The quantitative estimate of drug-likeness (QED) is 0.753. The molecule has 1 aromatic heterocycles. The zero-order chi connectivity index (χ0) is 16.1. The second kappa shape index (κ2) is 6.70. The maximum atomic E-state index is 13.0. The van der Waals surface area contributed by atoms with Crippen LogP contribution in [0.15, 0.2) is 30.5 Å². The van der Waals surface area contributed by atoms with Crippen molar-refractivity contribution in [1.82, 2.24) is 20.4 Å². The number of hydrogen-bond acceptors (Lipinski definition) is 4. The molecule has 0 aliphatic carbocycles. The number of nitrogens with one attached hydrogen (secondary N) is 2. The van der Waals surface area contributed by atoms with E-state index >= 15 is 0 Å². The van der Waals surface area contributed by atoms with E-state index in [1.807, 2.05) is 5.32 Å². The van der Waals surface area contributed by atoms with Gasteiger partial charge in [0.15, 0.2) is 5.69 Å². The van der Waals surface area contributed by atoms with E-state index in [1.54, 1.807) is 25.4 Å². The maximum absolute atomic E-state index is 13.0. The Labute approximate surface area is 125 Å². The standard InChI is InChI=1S/C14H15FN4O3/c1-19-8-11(9-2-4-10(15)5-3-9)12(18-19)13(20)16-6-7-17-14(21)22/h2-5,8,17H,6-7H2,1H3,(H,16,20)(H,21,22)/p-1. The fourth-order valence-corrected chi connectivity index (χ4v) is 1.92. The number of rotatable bonds is 5. The number of benzene rings is 1. The van der Waals surface area contributed by atoms with Crippen molar-refractivity contribution in [3.05, 3.63) is 42.0 Å². The molecule has 0 bridgehead atoms. The first kappa shape index (κ1) is 15.5. The third-order valence-corrected chi connectivity index (χ3v) is 2.88. The Hall–Kier alpha value is -2.90. The first-order chi connectivity index (χ1) is 10.5. The molecule has 0 saturated carbocycles. The maximum Gasteiger partial charge on any atom is 0.272 e. The molecule has 2 aromatic rings. The Balaban J connectivity index is 2.12. The van der Waals surface area contributed by atoms with Gasteiger partial charge in [0.25, 0.3) is 5.91 Å². The van der Waals surface area contributed by atoms with Crippen LogP contribution in [0.4, 0.5) is 9.18 Å². The van der Waals surface area contributed by atoms with Crippen molar-refractivity contribution in [2.75, 3.05) is 13.1 Å². The van der Waals surface area contributed by atoms with E-state index in [2.05, 4.69) is 10.4 Å². The summed E-state index contributed by atoms with van der Waals surface area (Å²) in [7, 11) is 1.67. The summed E-state index contributed by atoms with van der Waals surface area (Å²) >= 11 is 0. The van der Waals surface area contributed by atoms with Gasteiger partial charge < -0.3 is 20.5 Å². The molecule has 0 fully saturated rings. The Morgan fingerprint density at radius 2 is 1.86 bits per heavy atom. The lowest BCUT2D eigenvalue weighted by atomic mass is 10.1. The summed E-state index contributed by atoms with van der Waals surface area (Å²) < 4.78 is 14.5. The normalized spacial score (nSPS) is 10.3. The Morgan fingerprint density at radius 1 is 1.23 bits per heavy atom. The molecular formula is C14H14FN4O3-. The van der Waals surface area contributed by atoms with E-state index in [9.17, 15) is 19.1 Å². The zero-order valence-corrected chi connectivity index (χ0v) is 11.8. The van der Waals surface area contributed by atoms with Gasteiger partial charge in [0.2, 0.25) is 0 Å². The molecule has 0 aliphatic rings. The molecule has 2 amide bonds. The van der Waals surface area contributed by atoms with Crippen molar-refractivity contribution in [3.63, 3.8) is 0 Å². The molecular weight excluding hydrogens is 291 g/mol. The van der Waals surface area contributed by atoms with Crippen LogP contribution in [0.2, 0.25) is 0 Å². The lowest BCUT2D eigenvalue weighted by Gasteiger charge is -2.08. The summed E-state index contributed by atoms with van der Waals surface area (Å²) in [5, 5.41) is 18.9. The molecule has 0 radical (unpaired) electrons. The molecule has 7 nitrogen and oxygen atoms in total. The van der Waals surface area contributed by atoms with Crippen LogP contribution in [0.3, 0.4) is 0 Å². The lowest BCUT2D eigenvalue weighted by Crippen LogP contribution is -2.41. The largest absolute Gasteiger partial charge is 0.530 e. The predicted molar refractivity (Wildman–Crippen MR) is 74.3 cm³/mol. The average Bonchev–Trinajstić information content (AvgIpc) is 2.86. The first-order valence-corrected chi connectivity index (χ1v) is 6.50. The minimum atomic E-state index is -1.40. The van der Waals surface area contributed by atoms with Gasteiger partial charge in [-0.15, -0.1) is 0 Å². The van der Waals surface area contributed by atoms with Gasteiger partial charge in [-0.25, -0.2) is 4.39 Å². The molecule has 116 valence electrons. The van der Waals surface area contributed by atoms with Crippen LogP contribution in [-0.2, 0) is 7.05 Å². The molecule has 8 heteroatoms. The van der Waals surface area contributed by atoms with Gasteiger partial charge in [0.1, 0.15) is 11.9 Å². The van der Waals surface area contributed by atoms with Crippen molar-refractivity contribution in [3.8, 4) is 11.1 Å². The van der Waals surface area contributed by atoms with Gasteiger partial charge in [-0.1, -0.05) is 12.1 Å². The molecule has 2 rings (SSSR count). The number of carbonyl (C=O) groups is 2. The summed E-state index contributed by atoms with van der Waals surface area (Å²) in [4.78, 5) is 22.3. The van der Waals surface area contributed by atoms with Gasteiger partial charge in [0.05, 0.1) is 0 Å². The van der Waals surface area contributed by atoms with E-state index in [0.29, 0.717) is 11.1 Å². The molecule has 1 heterocycles. The average molecular weight is 305 g/mol. The van der Waals surface area contributed by atoms with Gasteiger partial charge >= 0.3 is 0 Å². The smallest absolute Gasteiger partial charge is 0.272 e. The zero-order valence-electron chi connectivity index (χ0n) is 11.8. The van der Waals surface area contributed by atoms with Crippen LogP contribution in [0, 0.1) is 5.82 Å². The van der Waals surface area contributed by atoms with Gasteiger partial charge in [0, 0.05) is 31.9 Å². The van der Waals surface area contributed by atoms with Crippen molar-refractivity contribution < 1.29 is 19.1 Å². The second-order valence-electron chi connectivity index (χ2n) is 4.54. The van der Waals surface area contributed by atoms with Crippen LogP contribution in [0.5, 0.6) is 0 Å². The summed E-state index contributed by atoms with van der Waals surface area (Å²) in [5.74, 6) is -0.813. The number of carbonyl (C=O) groups excluding carboxylic acids is 2. The van der Waals surface area contributed by atoms with Crippen molar-refractivity contribution in [2.24, 2.45) is 7.05 Å². The molecule has 0 saturated heterocycles. The fourth-order valence-electron chi connectivity index (χ4n) is 1.92. The Bertz CT molecular complexity index is 682. The number of carboxylic acid groups (broad SMARTS) is 1. The highest BCUT2D eigenvalue weighted by Crippen LogP contribution is 2.23. The number of halogens is 1. The van der Waals surface area contributed by atoms with E-state index in [4.69, 9.17) is 0 Å². The molecule has 0 spiro atoms. The van der Waals surface area contributed by atoms with Crippen molar-refractivity contribution >= 4 is 12.0 Å². The number of aromatic nitrogens is 2. The van der Waals surface area contributed by atoms with Crippen LogP contribution in [-0.4, -0.2) is 34.9 Å². The minimum Gasteiger partial charge on any atom is -0.530 e. The molecule has 1 aromatic carbocycles. The molecule has 0 aliphatic heterocycles. The summed E-state index contributed by atoms with van der Waals surface area (Å²) in [6.45, 7) is 0.138. The van der Waals surface area contributed by atoms with E-state index < -0.39 is 12.0 Å². The van der Waals surface area contributed by atoms with Crippen LogP contribution in [0.1, 0.15) is 10.5 Å². The summed E-state index contributed by atoms with van der Waals surface area (Å²) in [5.41, 5.74) is 1.41. The van der Waals surface area contributed by atoms with E-state index in [0.717, 1.165) is 0 Å². The third kappa shape index (κ3) is 3.81. The van der Waals surface area contributed by atoms with Crippen LogP contribution >= 0.6 is 0 Å². The van der Waals surface area contributed by atoms with Crippen LogP contribution < -0.4 is 15.7 Å². The first-order valence-electron chi connectivity index (χ1n) is 6.50. The highest BCUT2D eigenvalue weighted by atomic mass is 19.1. The number of hydrogen-bond donors (Lipinski definition) is 2. The third-order valence-electron chi connectivity index (χ3n) is 2.88. The number of nitrogens with zero attached hydrogens (tertiary/aromatic N) is 2. The second-order valence-corrected chi connectivity index (χ2v) is 4.54. The SMILES string of the molecule is Cn1cc(-c2ccc(F)cc2)c(C(=O)NCCNC(=O)[O-])n1. The molecule has 2 N–H and O–H groups in total. The minimum absolute atomic E-state index is 0.0345. The molecule has 0 unspecified atom stereocenters. The van der Waals surface area contributed by atoms with Gasteiger partial charge in [-0.05, 0) is 17.7 Å². The highest BCUT2D eigenvalue weighted by Gasteiger charge is 2.17. The Morgan fingerprint density at radius 3 is 2.50 bits per heavy atom. The highest BCUT2D eigenvalue weighted by molar-refractivity contribution is 5.98. The molecule has 0 atom stereocenters.